The van der Waals surface area contributed by atoms with Gasteiger partial charge < -0.3 is 10.5 Å². The summed E-state index contributed by atoms with van der Waals surface area (Å²) in [7, 11) is 0. The SMILES string of the molecule is N=C/C=C/c1sc2ccccc2c1O. The molecular weight excluding hydrogens is 194 g/mol. The minimum Gasteiger partial charge on any atom is -0.506 e. The van der Waals surface area contributed by atoms with E-state index in [0.29, 0.717) is 5.75 Å². The van der Waals surface area contributed by atoms with Crippen LogP contribution in [0.2, 0.25) is 0 Å². The van der Waals surface area contributed by atoms with Gasteiger partial charge in [0.1, 0.15) is 5.75 Å². The second-order valence-corrected chi connectivity index (χ2v) is 3.92. The largest absolute Gasteiger partial charge is 0.506 e. The Morgan fingerprint density at radius 2 is 2.07 bits per heavy atom. The topological polar surface area (TPSA) is 44.1 Å². The van der Waals surface area contributed by atoms with E-state index >= 15 is 0 Å². The predicted octanol–water partition coefficient (Wildman–Crippen LogP) is 3.27. The van der Waals surface area contributed by atoms with Crippen LogP contribution in [0.5, 0.6) is 5.75 Å². The first kappa shape index (κ1) is 8.97. The van der Waals surface area contributed by atoms with E-state index in [9.17, 15) is 5.11 Å². The van der Waals surface area contributed by atoms with Crippen LogP contribution in [0.25, 0.3) is 16.2 Å². The number of fused-ring (bicyclic) bond motifs is 1. The first-order valence-electron chi connectivity index (χ1n) is 4.20. The Hall–Kier alpha value is -1.61. The fourth-order valence-corrected chi connectivity index (χ4v) is 2.31. The molecule has 0 amide bonds. The van der Waals surface area contributed by atoms with Crippen molar-refractivity contribution in [2.45, 2.75) is 0 Å². The fourth-order valence-electron chi connectivity index (χ4n) is 1.30. The van der Waals surface area contributed by atoms with Gasteiger partial charge in [0.2, 0.25) is 0 Å². The van der Waals surface area contributed by atoms with Crippen LogP contribution in [-0.2, 0) is 0 Å². The zero-order chi connectivity index (χ0) is 9.97. The monoisotopic (exact) mass is 203 g/mol. The molecule has 1 heterocycles. The highest BCUT2D eigenvalue weighted by Gasteiger charge is 2.06. The second kappa shape index (κ2) is 3.64. The third kappa shape index (κ3) is 1.42. The highest BCUT2D eigenvalue weighted by molar-refractivity contribution is 7.20. The van der Waals surface area contributed by atoms with E-state index in [-0.39, 0.29) is 0 Å². The minimum atomic E-state index is 0.309. The average Bonchev–Trinajstić information content (AvgIpc) is 2.54. The van der Waals surface area contributed by atoms with Crippen LogP contribution < -0.4 is 0 Å². The zero-order valence-corrected chi connectivity index (χ0v) is 8.21. The number of nitrogens with one attached hydrogen (secondary N) is 1. The molecule has 2 aromatic rings. The molecule has 0 spiro atoms. The molecule has 2 N–H and O–H groups in total. The second-order valence-electron chi connectivity index (χ2n) is 2.84. The summed E-state index contributed by atoms with van der Waals surface area (Å²) < 4.78 is 1.06. The molecule has 0 aliphatic carbocycles. The van der Waals surface area contributed by atoms with Crippen LogP contribution in [0, 0.1) is 5.41 Å². The first-order valence-corrected chi connectivity index (χ1v) is 5.02. The third-order valence-corrected chi connectivity index (χ3v) is 3.06. The predicted molar refractivity (Wildman–Crippen MR) is 61.3 cm³/mol. The van der Waals surface area contributed by atoms with Crippen LogP contribution >= 0.6 is 11.3 Å². The van der Waals surface area contributed by atoms with Gasteiger partial charge in [0, 0.05) is 16.3 Å². The maximum Gasteiger partial charge on any atom is 0.141 e. The number of rotatable bonds is 2. The molecule has 0 aliphatic heterocycles. The highest BCUT2D eigenvalue weighted by atomic mass is 32.1. The molecule has 70 valence electrons. The average molecular weight is 203 g/mol. The van der Waals surface area contributed by atoms with Gasteiger partial charge in [0.05, 0.1) is 4.88 Å². The fraction of sp³-hybridized carbons (Fsp3) is 0. The van der Waals surface area contributed by atoms with Gasteiger partial charge in [-0.05, 0) is 24.3 Å². The molecule has 1 aromatic heterocycles. The molecule has 0 atom stereocenters. The summed E-state index contributed by atoms with van der Waals surface area (Å²) in [4.78, 5) is 0.801. The molecule has 0 radical (unpaired) electrons. The van der Waals surface area contributed by atoms with Crippen LogP contribution in [0.1, 0.15) is 4.88 Å². The van der Waals surface area contributed by atoms with Gasteiger partial charge in [-0.3, -0.25) is 0 Å². The summed E-state index contributed by atoms with van der Waals surface area (Å²) in [6, 6.07) is 7.71. The van der Waals surface area contributed by atoms with E-state index in [1.807, 2.05) is 24.3 Å². The molecule has 0 aliphatic rings. The van der Waals surface area contributed by atoms with Gasteiger partial charge in [-0.2, -0.15) is 0 Å². The van der Waals surface area contributed by atoms with Gasteiger partial charge in [0.25, 0.3) is 0 Å². The number of aromatic hydroxyl groups is 1. The normalized spacial score (nSPS) is 11.1. The summed E-state index contributed by atoms with van der Waals surface area (Å²) in [6.07, 6.45) is 4.54. The van der Waals surface area contributed by atoms with E-state index in [1.165, 1.54) is 17.6 Å². The zero-order valence-electron chi connectivity index (χ0n) is 7.40. The van der Waals surface area contributed by atoms with Crippen LogP contribution in [0.15, 0.2) is 30.3 Å². The molecule has 3 heteroatoms. The van der Waals surface area contributed by atoms with Crippen molar-refractivity contribution in [3.05, 3.63) is 35.2 Å². The van der Waals surface area contributed by atoms with Crippen LogP contribution in [-0.4, -0.2) is 11.3 Å². The van der Waals surface area contributed by atoms with E-state index in [1.54, 1.807) is 12.2 Å². The molecule has 0 bridgehead atoms. The lowest BCUT2D eigenvalue weighted by molar-refractivity contribution is 0.482. The maximum absolute atomic E-state index is 9.80. The lowest BCUT2D eigenvalue weighted by atomic mass is 10.2. The Morgan fingerprint density at radius 1 is 1.29 bits per heavy atom. The third-order valence-electron chi connectivity index (χ3n) is 1.94. The number of hydrogen-bond donors (Lipinski definition) is 2. The summed E-state index contributed by atoms with van der Waals surface area (Å²) in [5.41, 5.74) is 0. The van der Waals surface area contributed by atoms with E-state index in [4.69, 9.17) is 5.41 Å². The van der Waals surface area contributed by atoms with Gasteiger partial charge in [-0.1, -0.05) is 12.1 Å². The quantitative estimate of drug-likeness (QED) is 0.723. The molecule has 0 unspecified atom stereocenters. The summed E-state index contributed by atoms with van der Waals surface area (Å²) >= 11 is 1.52. The van der Waals surface area contributed by atoms with Crippen molar-refractivity contribution >= 4 is 33.7 Å². The van der Waals surface area contributed by atoms with Crippen molar-refractivity contribution < 1.29 is 5.11 Å². The van der Waals surface area contributed by atoms with Crippen molar-refractivity contribution in [3.63, 3.8) is 0 Å². The molecule has 0 fully saturated rings. The van der Waals surface area contributed by atoms with Crippen molar-refractivity contribution in [3.8, 4) is 5.75 Å². The van der Waals surface area contributed by atoms with Crippen molar-refractivity contribution in [1.82, 2.24) is 0 Å². The smallest absolute Gasteiger partial charge is 0.141 e. The first-order chi connectivity index (χ1) is 6.83. The van der Waals surface area contributed by atoms with E-state index < -0.39 is 0 Å². The molecule has 2 rings (SSSR count). The summed E-state index contributed by atoms with van der Waals surface area (Å²) in [6.45, 7) is 0. The van der Waals surface area contributed by atoms with Gasteiger partial charge >= 0.3 is 0 Å². The molecule has 0 saturated carbocycles. The Kier molecular flexibility index (Phi) is 2.33. The van der Waals surface area contributed by atoms with Crippen LogP contribution in [0.4, 0.5) is 0 Å². The lowest BCUT2D eigenvalue weighted by Gasteiger charge is -1.88. The standard InChI is InChI=1S/C11H9NOS/c12-7-3-6-10-11(13)8-4-1-2-5-9(8)14-10/h1-7,12-13H/b6-3+,12-7?. The maximum atomic E-state index is 9.80. The van der Waals surface area contributed by atoms with E-state index in [0.717, 1.165) is 15.0 Å². The number of hydrogen-bond acceptors (Lipinski definition) is 3. The molecule has 2 nitrogen and oxygen atoms in total. The summed E-state index contributed by atoms with van der Waals surface area (Å²) in [5.74, 6) is 0.309. The number of thiophene rings is 1. The molecule has 1 aromatic carbocycles. The Bertz CT molecular complexity index is 499. The van der Waals surface area contributed by atoms with Crippen molar-refractivity contribution in [1.29, 1.82) is 5.41 Å². The molecule has 0 saturated heterocycles. The van der Waals surface area contributed by atoms with Gasteiger partial charge in [-0.25, -0.2) is 0 Å². The van der Waals surface area contributed by atoms with Crippen molar-refractivity contribution in [2.75, 3.05) is 0 Å². The number of allylic oxidation sites excluding steroid dienone is 1. The van der Waals surface area contributed by atoms with E-state index in [2.05, 4.69) is 0 Å². The lowest BCUT2D eigenvalue weighted by Crippen LogP contribution is -1.64. The van der Waals surface area contributed by atoms with Crippen LogP contribution in [0.3, 0.4) is 0 Å². The molecule has 14 heavy (non-hydrogen) atoms. The van der Waals surface area contributed by atoms with Crippen molar-refractivity contribution in [2.24, 2.45) is 0 Å². The van der Waals surface area contributed by atoms with Gasteiger partial charge in [-0.15, -0.1) is 11.3 Å². The Balaban J connectivity index is 2.62. The molecular formula is C11H9NOS. The highest BCUT2D eigenvalue weighted by Crippen LogP contribution is 2.37. The number of benzene rings is 1. The Labute approximate surface area is 85.6 Å². The Morgan fingerprint density at radius 3 is 2.79 bits per heavy atom. The summed E-state index contributed by atoms with van der Waals surface area (Å²) in [5, 5.41) is 17.5. The minimum absolute atomic E-state index is 0.309. The van der Waals surface area contributed by atoms with Gasteiger partial charge in [0.15, 0.2) is 0 Å².